The molecule has 2 rings (SSSR count). The maximum absolute atomic E-state index is 5.92. The van der Waals surface area contributed by atoms with E-state index in [2.05, 4.69) is 71.0 Å². The van der Waals surface area contributed by atoms with Crippen LogP contribution in [0.1, 0.15) is 40.2 Å². The summed E-state index contributed by atoms with van der Waals surface area (Å²) >= 11 is 0. The Kier molecular flexibility index (Phi) is 4.17. The molecular weight excluding hydrogens is 244 g/mol. The highest BCUT2D eigenvalue weighted by Crippen LogP contribution is 2.34. The van der Waals surface area contributed by atoms with Crippen LogP contribution in [0.2, 0.25) is 0 Å². The second-order valence-electron chi connectivity index (χ2n) is 6.50. The lowest BCUT2D eigenvalue weighted by atomic mass is 9.83. The molecule has 0 N–H and O–H groups in total. The lowest BCUT2D eigenvalue weighted by Crippen LogP contribution is -2.11. The fraction of sp³-hybridized carbons (Fsp3) is 0.368. The van der Waals surface area contributed by atoms with Gasteiger partial charge in [-0.15, -0.1) is 0 Å². The Morgan fingerprint density at radius 2 is 1.65 bits per heavy atom. The van der Waals surface area contributed by atoms with Crippen LogP contribution < -0.4 is 4.74 Å². The van der Waals surface area contributed by atoms with Crippen LogP contribution in [-0.4, -0.2) is 6.61 Å². The number of allylic oxidation sites excluding steroid dienone is 1. The van der Waals surface area contributed by atoms with Gasteiger partial charge in [-0.25, -0.2) is 0 Å². The monoisotopic (exact) mass is 268 g/mol. The van der Waals surface area contributed by atoms with Crippen molar-refractivity contribution in [1.29, 1.82) is 0 Å². The van der Waals surface area contributed by atoms with Gasteiger partial charge < -0.3 is 4.74 Å². The van der Waals surface area contributed by atoms with Crippen molar-refractivity contribution in [3.05, 3.63) is 53.6 Å². The molecule has 0 spiro atoms. The van der Waals surface area contributed by atoms with Gasteiger partial charge >= 0.3 is 0 Å². The molecule has 0 aliphatic heterocycles. The summed E-state index contributed by atoms with van der Waals surface area (Å²) in [7, 11) is 0. The third kappa shape index (κ3) is 3.22. The Morgan fingerprint density at radius 3 is 2.30 bits per heavy atom. The summed E-state index contributed by atoms with van der Waals surface area (Å²) in [5, 5.41) is 2.48. The van der Waals surface area contributed by atoms with Crippen LogP contribution in [0.4, 0.5) is 0 Å². The number of ether oxygens (including phenoxy) is 1. The van der Waals surface area contributed by atoms with Crippen molar-refractivity contribution < 1.29 is 4.74 Å². The number of hydrogen-bond donors (Lipinski definition) is 0. The summed E-state index contributed by atoms with van der Waals surface area (Å²) in [6, 6.07) is 12.8. The lowest BCUT2D eigenvalue weighted by molar-refractivity contribution is 0.366. The fourth-order valence-electron chi connectivity index (χ4n) is 2.36. The predicted octanol–water partition coefficient (Wildman–Crippen LogP) is 5.48. The molecule has 0 amide bonds. The lowest BCUT2D eigenvalue weighted by Gasteiger charge is -2.22. The Morgan fingerprint density at radius 1 is 1.00 bits per heavy atom. The molecule has 1 nitrogen and oxygen atoms in total. The van der Waals surface area contributed by atoms with E-state index in [1.807, 2.05) is 6.07 Å². The van der Waals surface area contributed by atoms with Gasteiger partial charge in [-0.2, -0.15) is 0 Å². The molecule has 2 aromatic carbocycles. The summed E-state index contributed by atoms with van der Waals surface area (Å²) in [6.07, 6.45) is 2.10. The zero-order valence-corrected chi connectivity index (χ0v) is 13.2. The molecular formula is C19H24O. The second kappa shape index (κ2) is 5.70. The highest BCUT2D eigenvalue weighted by atomic mass is 16.5. The van der Waals surface area contributed by atoms with Crippen LogP contribution in [0.5, 0.6) is 5.75 Å². The largest absolute Gasteiger partial charge is 0.489 e. The van der Waals surface area contributed by atoms with Crippen molar-refractivity contribution in [3.63, 3.8) is 0 Å². The quantitative estimate of drug-likeness (QED) is 0.669. The van der Waals surface area contributed by atoms with Gasteiger partial charge in [-0.1, -0.05) is 56.7 Å². The number of rotatable bonds is 3. The highest BCUT2D eigenvalue weighted by Gasteiger charge is 2.17. The standard InChI is InChI=1S/C19H24O/c1-14(2)12-13-20-18-11-7-8-15-16(18)9-6-10-17(15)19(3,4)5/h6-12H,13H2,1-5H3. The first kappa shape index (κ1) is 14.6. The smallest absolute Gasteiger partial charge is 0.127 e. The van der Waals surface area contributed by atoms with Gasteiger partial charge in [-0.3, -0.25) is 0 Å². The van der Waals surface area contributed by atoms with E-state index in [-0.39, 0.29) is 5.41 Å². The van der Waals surface area contributed by atoms with Crippen molar-refractivity contribution in [2.24, 2.45) is 0 Å². The van der Waals surface area contributed by atoms with Gasteiger partial charge in [0.05, 0.1) is 0 Å². The molecule has 0 heterocycles. The predicted molar refractivity (Wildman–Crippen MR) is 87.6 cm³/mol. The third-order valence-corrected chi connectivity index (χ3v) is 3.42. The highest BCUT2D eigenvalue weighted by molar-refractivity contribution is 5.91. The van der Waals surface area contributed by atoms with Gasteiger partial charge in [0.2, 0.25) is 0 Å². The molecule has 0 fully saturated rings. The molecule has 20 heavy (non-hydrogen) atoms. The van der Waals surface area contributed by atoms with Gasteiger partial charge in [0, 0.05) is 5.39 Å². The molecule has 0 bridgehead atoms. The van der Waals surface area contributed by atoms with Gasteiger partial charge in [-0.05, 0) is 42.4 Å². The minimum atomic E-state index is 0.137. The first-order valence-corrected chi connectivity index (χ1v) is 7.18. The van der Waals surface area contributed by atoms with Crippen LogP contribution in [0.15, 0.2) is 48.0 Å². The average molecular weight is 268 g/mol. The second-order valence-corrected chi connectivity index (χ2v) is 6.50. The van der Waals surface area contributed by atoms with Crippen molar-refractivity contribution >= 4 is 10.8 Å². The first-order chi connectivity index (χ1) is 9.39. The van der Waals surface area contributed by atoms with Crippen LogP contribution in [-0.2, 0) is 5.41 Å². The Labute approximate surface area is 122 Å². The summed E-state index contributed by atoms with van der Waals surface area (Å²) in [5.41, 5.74) is 2.78. The van der Waals surface area contributed by atoms with Crippen LogP contribution in [0, 0.1) is 0 Å². The Bertz CT molecular complexity index is 626. The van der Waals surface area contributed by atoms with Crippen LogP contribution >= 0.6 is 0 Å². The molecule has 0 radical (unpaired) electrons. The Balaban J connectivity index is 2.46. The molecule has 2 aromatic rings. The molecule has 0 atom stereocenters. The van der Waals surface area contributed by atoms with Crippen molar-refractivity contribution in [3.8, 4) is 5.75 Å². The number of hydrogen-bond acceptors (Lipinski definition) is 1. The van der Waals surface area contributed by atoms with E-state index in [0.29, 0.717) is 6.61 Å². The zero-order valence-electron chi connectivity index (χ0n) is 13.2. The van der Waals surface area contributed by atoms with Crippen molar-refractivity contribution in [2.75, 3.05) is 6.61 Å². The SMILES string of the molecule is CC(C)=CCOc1cccc2c(C(C)(C)C)cccc12. The van der Waals surface area contributed by atoms with Crippen molar-refractivity contribution in [1.82, 2.24) is 0 Å². The molecule has 0 aromatic heterocycles. The molecule has 0 saturated carbocycles. The van der Waals surface area contributed by atoms with E-state index in [0.717, 1.165) is 5.75 Å². The molecule has 0 aliphatic carbocycles. The molecule has 0 aliphatic rings. The topological polar surface area (TPSA) is 9.23 Å². The number of benzene rings is 2. The maximum Gasteiger partial charge on any atom is 0.127 e. The zero-order chi connectivity index (χ0) is 14.8. The third-order valence-electron chi connectivity index (χ3n) is 3.42. The fourth-order valence-corrected chi connectivity index (χ4v) is 2.36. The summed E-state index contributed by atoms with van der Waals surface area (Å²) in [6.45, 7) is 11.5. The van der Waals surface area contributed by atoms with Gasteiger partial charge in [0.25, 0.3) is 0 Å². The van der Waals surface area contributed by atoms with E-state index >= 15 is 0 Å². The van der Waals surface area contributed by atoms with E-state index < -0.39 is 0 Å². The Hall–Kier alpha value is -1.76. The minimum absolute atomic E-state index is 0.137. The van der Waals surface area contributed by atoms with E-state index in [9.17, 15) is 0 Å². The van der Waals surface area contributed by atoms with E-state index in [1.165, 1.54) is 21.9 Å². The van der Waals surface area contributed by atoms with Gasteiger partial charge in [0.1, 0.15) is 12.4 Å². The van der Waals surface area contributed by atoms with Crippen molar-refractivity contribution in [2.45, 2.75) is 40.0 Å². The van der Waals surface area contributed by atoms with Crippen LogP contribution in [0.25, 0.3) is 10.8 Å². The molecule has 0 unspecified atom stereocenters. The number of fused-ring (bicyclic) bond motifs is 1. The van der Waals surface area contributed by atoms with Gasteiger partial charge in [0.15, 0.2) is 0 Å². The first-order valence-electron chi connectivity index (χ1n) is 7.18. The molecule has 1 heteroatoms. The average Bonchev–Trinajstić information content (AvgIpc) is 2.36. The van der Waals surface area contributed by atoms with E-state index in [4.69, 9.17) is 4.74 Å². The molecule has 106 valence electrons. The minimum Gasteiger partial charge on any atom is -0.489 e. The van der Waals surface area contributed by atoms with E-state index in [1.54, 1.807) is 0 Å². The summed E-state index contributed by atoms with van der Waals surface area (Å²) in [5.74, 6) is 0.964. The summed E-state index contributed by atoms with van der Waals surface area (Å²) in [4.78, 5) is 0. The summed E-state index contributed by atoms with van der Waals surface area (Å²) < 4.78 is 5.92. The van der Waals surface area contributed by atoms with Crippen LogP contribution in [0.3, 0.4) is 0 Å². The normalized spacial score (nSPS) is 11.4. The maximum atomic E-state index is 5.92. The molecule has 0 saturated heterocycles.